The molecule has 2 aromatic carbocycles. The lowest BCUT2D eigenvalue weighted by atomic mass is 10.1. The van der Waals surface area contributed by atoms with Gasteiger partial charge in [0.25, 0.3) is 0 Å². The summed E-state index contributed by atoms with van der Waals surface area (Å²) in [6.07, 6.45) is 4.52. The smallest absolute Gasteiger partial charge is 0.224 e. The Hall–Kier alpha value is -4.73. The predicted molar refractivity (Wildman–Crippen MR) is 124 cm³/mol. The van der Waals surface area contributed by atoms with Crippen LogP contribution in [0.4, 0.5) is 15.9 Å². The van der Waals surface area contributed by atoms with Crippen molar-refractivity contribution in [2.75, 3.05) is 5.32 Å². The third kappa shape index (κ3) is 4.29. The maximum absolute atomic E-state index is 13.1. The summed E-state index contributed by atoms with van der Waals surface area (Å²) < 4.78 is 20.7. The van der Waals surface area contributed by atoms with Crippen LogP contribution >= 0.6 is 0 Å². The number of hydrogen-bond donors (Lipinski definition) is 1. The average molecular weight is 455 g/mol. The molecule has 1 N–H and O–H groups in total. The van der Waals surface area contributed by atoms with Crippen LogP contribution in [0.1, 0.15) is 11.1 Å². The molecular weight excluding hydrogens is 437 g/mol. The third-order valence-electron chi connectivity index (χ3n) is 5.18. The number of rotatable bonds is 7. The number of Topliss-reactive ketones (excluding diaryl/α,β-unsaturated/α-hetero) is 1. The van der Waals surface area contributed by atoms with Gasteiger partial charge in [0.2, 0.25) is 5.88 Å². The Morgan fingerprint density at radius 2 is 2.00 bits per heavy atom. The number of aryl methyl sites for hydroxylation is 1. The average Bonchev–Trinajstić information content (AvgIpc) is 3.29. The number of aromatic nitrogens is 6. The van der Waals surface area contributed by atoms with Gasteiger partial charge in [0.1, 0.15) is 30.5 Å². The van der Waals surface area contributed by atoms with Crippen molar-refractivity contribution in [3.8, 4) is 11.6 Å². The lowest BCUT2D eigenvalue weighted by Gasteiger charge is -2.12. The minimum atomic E-state index is -0.961. The molecule has 0 radical (unpaired) electrons. The Balaban J connectivity index is 1.39. The van der Waals surface area contributed by atoms with Gasteiger partial charge in [-0.3, -0.25) is 9.20 Å². The van der Waals surface area contributed by atoms with Gasteiger partial charge in [-0.25, -0.2) is 19.3 Å². The van der Waals surface area contributed by atoms with Gasteiger partial charge in [0, 0.05) is 23.6 Å². The predicted octanol–water partition coefficient (Wildman–Crippen LogP) is 4.51. The number of carbonyl (C=O) groups excluding carboxylic acids is 1. The van der Waals surface area contributed by atoms with Crippen LogP contribution in [0.25, 0.3) is 16.6 Å². The lowest BCUT2D eigenvalue weighted by molar-refractivity contribution is -0.116. The molecule has 168 valence electrons. The molecular formula is C24H18FN7O2. The normalized spacial score (nSPS) is 11.0. The number of benzene rings is 2. The van der Waals surface area contributed by atoms with Gasteiger partial charge in [-0.2, -0.15) is 0 Å². The number of ether oxygens (including phenoxy) is 1. The lowest BCUT2D eigenvalue weighted by Crippen LogP contribution is -2.03. The van der Waals surface area contributed by atoms with Crippen molar-refractivity contribution in [1.29, 1.82) is 0 Å². The number of hydrogen-bond acceptors (Lipinski definition) is 8. The van der Waals surface area contributed by atoms with E-state index in [-0.39, 0.29) is 6.42 Å². The Labute approximate surface area is 193 Å². The zero-order valence-electron chi connectivity index (χ0n) is 18.1. The number of fused-ring (bicyclic) bond motifs is 2. The number of allylic oxidation sites excluding steroid dienone is 1. The van der Waals surface area contributed by atoms with Crippen LogP contribution in [0.5, 0.6) is 11.6 Å². The molecule has 9 nitrogen and oxygen atoms in total. The first-order chi connectivity index (χ1) is 16.5. The van der Waals surface area contributed by atoms with E-state index in [4.69, 9.17) is 4.74 Å². The topological polar surface area (TPSA) is 107 Å². The second-order valence-electron chi connectivity index (χ2n) is 7.61. The highest BCUT2D eigenvalue weighted by Crippen LogP contribution is 2.29. The van der Waals surface area contributed by atoms with Crippen molar-refractivity contribution in [3.05, 3.63) is 85.0 Å². The maximum atomic E-state index is 13.1. The van der Waals surface area contributed by atoms with Crippen molar-refractivity contribution >= 4 is 33.8 Å². The number of anilines is 2. The fraction of sp³-hybridized carbons (Fsp3) is 0.0833. The summed E-state index contributed by atoms with van der Waals surface area (Å²) in [7, 11) is 0. The molecule has 34 heavy (non-hydrogen) atoms. The summed E-state index contributed by atoms with van der Waals surface area (Å²) >= 11 is 0. The van der Waals surface area contributed by atoms with Crippen LogP contribution in [0, 0.1) is 6.92 Å². The van der Waals surface area contributed by atoms with E-state index in [0.717, 1.165) is 11.3 Å². The summed E-state index contributed by atoms with van der Waals surface area (Å²) in [5, 5.41) is 11.8. The monoisotopic (exact) mass is 455 g/mol. The molecule has 5 aromatic rings. The standard InChI is InChI=1S/C24H18FN7O2/c1-14-7-17(4-6-21(14)34-23-10-22-31-29-13-32(22)12-28-23)30-24-18-8-16(9-20(33)15(2)25)3-5-19(18)26-11-27-24/h3-8,10-13H,2,9H2,1H3,(H,26,27,30). The van der Waals surface area contributed by atoms with Gasteiger partial charge < -0.3 is 10.1 Å². The van der Waals surface area contributed by atoms with Crippen molar-refractivity contribution in [1.82, 2.24) is 29.5 Å². The molecule has 10 heteroatoms. The van der Waals surface area contributed by atoms with Gasteiger partial charge in [-0.05, 0) is 48.4 Å². The van der Waals surface area contributed by atoms with Crippen LogP contribution < -0.4 is 10.1 Å². The van der Waals surface area contributed by atoms with Crippen molar-refractivity contribution in [2.24, 2.45) is 0 Å². The molecule has 0 aliphatic carbocycles. The maximum Gasteiger partial charge on any atom is 0.224 e. The van der Waals surface area contributed by atoms with Gasteiger partial charge >= 0.3 is 0 Å². The van der Waals surface area contributed by atoms with E-state index in [1.165, 1.54) is 6.33 Å². The zero-order valence-corrected chi connectivity index (χ0v) is 18.1. The fourth-order valence-electron chi connectivity index (χ4n) is 3.45. The molecule has 5 rings (SSSR count). The molecule has 0 aliphatic heterocycles. The summed E-state index contributed by atoms with van der Waals surface area (Å²) in [5.41, 5.74) is 3.63. The van der Waals surface area contributed by atoms with Crippen LogP contribution in [-0.2, 0) is 11.2 Å². The van der Waals surface area contributed by atoms with E-state index in [1.807, 2.05) is 25.1 Å². The second-order valence-corrected chi connectivity index (χ2v) is 7.61. The molecule has 0 atom stereocenters. The largest absolute Gasteiger partial charge is 0.439 e. The summed E-state index contributed by atoms with van der Waals surface area (Å²) in [5.74, 6) is -0.0112. The Morgan fingerprint density at radius 3 is 2.82 bits per heavy atom. The highest BCUT2D eigenvalue weighted by atomic mass is 19.1. The Bertz CT molecular complexity index is 1560. The molecule has 3 heterocycles. The molecule has 0 fully saturated rings. The third-order valence-corrected chi connectivity index (χ3v) is 5.18. The molecule has 0 saturated carbocycles. The first-order valence-electron chi connectivity index (χ1n) is 10.3. The van der Waals surface area contributed by atoms with E-state index in [1.54, 1.807) is 41.3 Å². The van der Waals surface area contributed by atoms with E-state index in [9.17, 15) is 9.18 Å². The first-order valence-corrected chi connectivity index (χ1v) is 10.3. The van der Waals surface area contributed by atoms with Crippen molar-refractivity contribution in [2.45, 2.75) is 13.3 Å². The van der Waals surface area contributed by atoms with E-state index in [2.05, 4.69) is 37.0 Å². The molecule has 0 bridgehead atoms. The highest BCUT2D eigenvalue weighted by molar-refractivity contribution is 5.96. The molecule has 0 saturated heterocycles. The first kappa shape index (κ1) is 21.1. The summed E-state index contributed by atoms with van der Waals surface area (Å²) in [4.78, 5) is 24.6. The van der Waals surface area contributed by atoms with Crippen LogP contribution in [0.2, 0.25) is 0 Å². The SMILES string of the molecule is C=C(F)C(=O)Cc1ccc2ncnc(Nc3ccc(Oc4cc5nncn5cn4)c(C)c3)c2c1. The quantitative estimate of drug-likeness (QED) is 0.357. The molecule has 0 unspecified atom stereocenters. The molecule has 3 aromatic heterocycles. The van der Waals surface area contributed by atoms with E-state index >= 15 is 0 Å². The van der Waals surface area contributed by atoms with Crippen LogP contribution in [0.15, 0.2) is 73.9 Å². The number of nitrogens with zero attached hydrogens (tertiary/aromatic N) is 6. The number of carbonyl (C=O) groups is 1. The number of halogens is 1. The van der Waals surface area contributed by atoms with E-state index in [0.29, 0.717) is 39.6 Å². The van der Waals surface area contributed by atoms with Gasteiger partial charge in [-0.1, -0.05) is 12.6 Å². The van der Waals surface area contributed by atoms with Crippen molar-refractivity contribution in [3.63, 3.8) is 0 Å². The Kier molecular flexibility index (Phi) is 5.38. The van der Waals surface area contributed by atoms with Crippen molar-refractivity contribution < 1.29 is 13.9 Å². The second kappa shape index (κ2) is 8.66. The minimum absolute atomic E-state index is 0.0839. The van der Waals surface area contributed by atoms with Gasteiger partial charge in [-0.15, -0.1) is 10.2 Å². The Morgan fingerprint density at radius 1 is 1.12 bits per heavy atom. The van der Waals surface area contributed by atoms with Crippen LogP contribution in [0.3, 0.4) is 0 Å². The van der Waals surface area contributed by atoms with E-state index < -0.39 is 11.6 Å². The summed E-state index contributed by atoms with van der Waals surface area (Å²) in [6, 6.07) is 12.6. The zero-order chi connectivity index (χ0) is 23.7. The fourth-order valence-corrected chi connectivity index (χ4v) is 3.45. The van der Waals surface area contributed by atoms with Gasteiger partial charge in [0.05, 0.1) is 5.52 Å². The van der Waals surface area contributed by atoms with Crippen LogP contribution in [-0.4, -0.2) is 35.3 Å². The van der Waals surface area contributed by atoms with Gasteiger partial charge in [0.15, 0.2) is 17.3 Å². The molecule has 0 aliphatic rings. The minimum Gasteiger partial charge on any atom is -0.439 e. The highest BCUT2D eigenvalue weighted by Gasteiger charge is 2.12. The number of ketones is 1. The molecule has 0 amide bonds. The molecule has 0 spiro atoms. The summed E-state index contributed by atoms with van der Waals surface area (Å²) in [6.45, 7) is 4.98. The number of nitrogens with one attached hydrogen (secondary N) is 1.